The zero-order valence-electron chi connectivity index (χ0n) is 41.9. The molecule has 0 bridgehead atoms. The van der Waals surface area contributed by atoms with Crippen LogP contribution in [0.1, 0.15) is 22.5 Å². The van der Waals surface area contributed by atoms with Crippen LogP contribution in [0.3, 0.4) is 0 Å². The van der Waals surface area contributed by atoms with Crippen molar-refractivity contribution in [3.05, 3.63) is 179 Å². The number of aromatic hydroxyl groups is 1. The van der Waals surface area contributed by atoms with Crippen LogP contribution in [0.15, 0.2) is 146 Å². The number of rotatable bonds is 12. The summed E-state index contributed by atoms with van der Waals surface area (Å²) in [6.45, 7) is 1.25. The number of aromatic nitrogens is 15. The number of anilines is 3. The van der Waals surface area contributed by atoms with E-state index in [2.05, 4.69) is 68.6 Å². The Bertz CT molecular complexity index is 4130. The molecule has 12 rings (SSSR count). The third-order valence-corrected chi connectivity index (χ3v) is 11.8. The number of nitrogen functional groups attached to an aromatic ring is 2. The molecule has 1 radical (unpaired) electrons. The first-order chi connectivity index (χ1) is 36.5. The van der Waals surface area contributed by atoms with Gasteiger partial charge in [0.05, 0.1) is 30.7 Å². The molecule has 0 unspecified atom stereocenters. The molecule has 12 aromatic rings. The summed E-state index contributed by atoms with van der Waals surface area (Å²) in [6, 6.07) is 34.2. The monoisotopic (exact) mass is 1110 g/mol. The van der Waals surface area contributed by atoms with Crippen LogP contribution in [0.5, 0.6) is 5.75 Å². The number of phenolic OH excluding ortho intramolecular Hbond substituents is 1. The van der Waals surface area contributed by atoms with Gasteiger partial charge in [-0.15, -0.1) is 16.6 Å². The standard InChI is InChI=1S/C18H15N7O.C18H16N4O2.C16H15N7O2.CH3.Y/c19-18-22-16-13(11-20-24(16)9-8-12-5-2-1-3-6-12)17-21-15(23-25(17)18)14-7-4-10-26-14;1-4-12-22-17(23)15-16(21(3)18(22)24)19-14(20(15)2)11-10-13-8-6-5-7-9-13;17-14-20-15(18-8-7-10-3-5-11(24)6-4-10)21-16-19-13(22-23(14)16)12-2-1-9-25-12;;/h1-7,10-11H,8-9H2,(H2,19,22);1,5-11H,12H2,2-3H3;1-6,9,24H,7-8H2,(H3,17,18,19,20,21,22);1H3;/q;;;-1;/b;11-10+;;;. The fourth-order valence-electron chi connectivity index (χ4n) is 7.96. The third kappa shape index (κ3) is 11.6. The van der Waals surface area contributed by atoms with Gasteiger partial charge in [0.2, 0.25) is 29.5 Å². The Hall–Kier alpha value is -9.53. The van der Waals surface area contributed by atoms with E-state index in [0.29, 0.717) is 76.3 Å². The first-order valence-electron chi connectivity index (χ1n) is 23.3. The van der Waals surface area contributed by atoms with Crippen molar-refractivity contribution in [2.24, 2.45) is 14.1 Å². The molecule has 0 amide bonds. The largest absolute Gasteiger partial charge is 0.508 e. The van der Waals surface area contributed by atoms with Crippen molar-refractivity contribution in [3.8, 4) is 41.3 Å². The Labute approximate surface area is 463 Å². The molecule has 0 aliphatic rings. The van der Waals surface area contributed by atoms with E-state index >= 15 is 0 Å². The van der Waals surface area contributed by atoms with Gasteiger partial charge in [-0.05, 0) is 72.0 Å². The Morgan fingerprint density at radius 1 is 0.701 bits per heavy atom. The molecule has 3 aromatic carbocycles. The number of aryl methyl sites for hydroxylation is 4. The Morgan fingerprint density at radius 2 is 1.35 bits per heavy atom. The normalized spacial score (nSPS) is 11.0. The van der Waals surface area contributed by atoms with Gasteiger partial charge in [-0.1, -0.05) is 84.8 Å². The molecule has 24 heteroatoms. The summed E-state index contributed by atoms with van der Waals surface area (Å²) in [7, 11) is 3.32. The van der Waals surface area contributed by atoms with Crippen LogP contribution in [0.4, 0.5) is 17.8 Å². The summed E-state index contributed by atoms with van der Waals surface area (Å²) in [4.78, 5) is 51.1. The van der Waals surface area contributed by atoms with Crippen LogP contribution in [0.25, 0.3) is 68.9 Å². The SMILES string of the molecule is C#CCn1c(=O)c2c(nc(/C=C/c3ccccc3)n2C)n(C)c1=O.Nc1nc(NCCc2ccc(O)cc2)nc2nc(-c3ccco3)nn12.Nc1nc2c(cnn2CCc2ccccc2)c2nc(-c3ccco3)nn12.[CH3-].[Y]. The number of imidazole rings is 1. The van der Waals surface area contributed by atoms with E-state index in [1.54, 1.807) is 73.8 Å². The van der Waals surface area contributed by atoms with E-state index < -0.39 is 11.2 Å². The van der Waals surface area contributed by atoms with Gasteiger partial charge in [0, 0.05) is 59.9 Å². The molecule has 0 aliphatic carbocycles. The molecule has 9 aromatic heterocycles. The minimum absolute atomic E-state index is 0. The van der Waals surface area contributed by atoms with Crippen LogP contribution in [-0.2, 0) is 72.7 Å². The number of nitrogens with two attached hydrogens (primary N) is 2. The maximum Gasteiger partial charge on any atom is 0.333 e. The quantitative estimate of drug-likeness (QED) is 0.0810. The van der Waals surface area contributed by atoms with E-state index in [-0.39, 0.29) is 64.3 Å². The van der Waals surface area contributed by atoms with Crippen LogP contribution < -0.4 is 28.0 Å². The summed E-state index contributed by atoms with van der Waals surface area (Å²) >= 11 is 0. The number of phenols is 1. The second-order valence-corrected chi connectivity index (χ2v) is 16.7. The Morgan fingerprint density at radius 3 is 2.03 bits per heavy atom. The predicted molar refractivity (Wildman–Crippen MR) is 288 cm³/mol. The number of terminal acetylenes is 1. The molecule has 23 nitrogen and oxygen atoms in total. The molecule has 0 aliphatic heterocycles. The number of benzene rings is 3. The number of nitrogens with zero attached hydrogens (tertiary/aromatic N) is 15. The molecule has 0 fully saturated rings. The minimum atomic E-state index is -0.470. The Balaban J connectivity index is 0.000000151. The minimum Gasteiger partial charge on any atom is -0.508 e. The maximum absolute atomic E-state index is 12.6. The number of nitrogens with one attached hydrogen (secondary N) is 1. The first kappa shape index (κ1) is 53.8. The number of hydrogen-bond acceptors (Lipinski definition) is 17. The van der Waals surface area contributed by atoms with Gasteiger partial charge >= 0.3 is 5.69 Å². The molecule has 385 valence electrons. The molecular formula is C53H49N18O5Y-. The number of hydrogen-bond donors (Lipinski definition) is 4. The van der Waals surface area contributed by atoms with Gasteiger partial charge in [-0.25, -0.2) is 24.0 Å². The summed E-state index contributed by atoms with van der Waals surface area (Å²) < 4.78 is 19.4. The second-order valence-electron chi connectivity index (χ2n) is 16.7. The number of fused-ring (bicyclic) bond motifs is 5. The summed E-state index contributed by atoms with van der Waals surface area (Å²) in [6.07, 6.45) is 15.5. The van der Waals surface area contributed by atoms with E-state index in [4.69, 9.17) is 26.7 Å². The van der Waals surface area contributed by atoms with E-state index in [9.17, 15) is 14.7 Å². The third-order valence-electron chi connectivity index (χ3n) is 11.8. The first-order valence-corrected chi connectivity index (χ1v) is 23.3. The topological polar surface area (TPSA) is 289 Å². The van der Waals surface area contributed by atoms with Gasteiger partial charge in [0.25, 0.3) is 11.3 Å². The van der Waals surface area contributed by atoms with Crippen molar-refractivity contribution in [2.75, 3.05) is 23.3 Å². The van der Waals surface area contributed by atoms with Crippen molar-refractivity contribution in [3.63, 3.8) is 0 Å². The molecule has 77 heavy (non-hydrogen) atoms. The van der Waals surface area contributed by atoms with Crippen LogP contribution >= 0.6 is 0 Å². The fraction of sp³-hybridized carbons (Fsp3) is 0.132. The predicted octanol–water partition coefficient (Wildman–Crippen LogP) is 5.97. The Kier molecular flexibility index (Phi) is 16.6. The van der Waals surface area contributed by atoms with Crippen LogP contribution in [0.2, 0.25) is 0 Å². The molecule has 6 N–H and O–H groups in total. The molecule has 0 atom stereocenters. The van der Waals surface area contributed by atoms with Gasteiger partial charge in [0.15, 0.2) is 34.0 Å². The van der Waals surface area contributed by atoms with Crippen molar-refractivity contribution < 1.29 is 46.7 Å². The van der Waals surface area contributed by atoms with Crippen LogP contribution in [-0.4, -0.2) is 84.3 Å². The van der Waals surface area contributed by atoms with Crippen molar-refractivity contribution in [2.45, 2.75) is 25.9 Å². The summed E-state index contributed by atoms with van der Waals surface area (Å²) in [5.41, 5.74) is 16.5. The van der Waals surface area contributed by atoms with E-state index in [0.717, 1.165) is 33.9 Å². The molecular weight excluding hydrogens is 1060 g/mol. The van der Waals surface area contributed by atoms with Crippen LogP contribution in [0, 0.1) is 19.8 Å². The average molecular weight is 1110 g/mol. The molecule has 0 spiro atoms. The van der Waals surface area contributed by atoms with Crippen molar-refractivity contribution in [1.82, 2.24) is 72.6 Å². The fourth-order valence-corrected chi connectivity index (χ4v) is 7.96. The molecule has 9 heterocycles. The van der Waals surface area contributed by atoms with E-state index in [1.165, 1.54) is 19.2 Å². The molecule has 0 saturated carbocycles. The summed E-state index contributed by atoms with van der Waals surface area (Å²) in [5.74, 6) is 6.31. The smallest absolute Gasteiger partial charge is 0.333 e. The number of furan rings is 2. The molecule has 0 saturated heterocycles. The zero-order valence-corrected chi connectivity index (χ0v) is 44.8. The van der Waals surface area contributed by atoms with E-state index in [1.807, 2.05) is 77.5 Å². The second kappa shape index (κ2) is 23.8. The van der Waals surface area contributed by atoms with Gasteiger partial charge < -0.3 is 42.7 Å². The average Bonchev–Trinajstić information content (AvgIpc) is 4.31. The van der Waals surface area contributed by atoms with Gasteiger partial charge in [0.1, 0.15) is 11.6 Å². The van der Waals surface area contributed by atoms with Gasteiger partial charge in [-0.2, -0.15) is 34.1 Å². The van der Waals surface area contributed by atoms with Gasteiger partial charge in [-0.3, -0.25) is 9.36 Å². The maximum atomic E-state index is 12.6. The summed E-state index contributed by atoms with van der Waals surface area (Å²) in [5, 5.41) is 26.3. The van der Waals surface area contributed by atoms with Crippen molar-refractivity contribution in [1.29, 1.82) is 0 Å². The zero-order chi connectivity index (χ0) is 52.0. The van der Waals surface area contributed by atoms with Crippen molar-refractivity contribution >= 4 is 63.6 Å².